The second kappa shape index (κ2) is 6.02. The molecule has 0 saturated heterocycles. The van der Waals surface area contributed by atoms with E-state index in [1.807, 2.05) is 56.3 Å². The quantitative estimate of drug-likeness (QED) is 0.911. The number of halogens is 1. The topological polar surface area (TPSA) is 29.1 Å². The molecule has 0 spiro atoms. The summed E-state index contributed by atoms with van der Waals surface area (Å²) >= 11 is 3.46. The third kappa shape index (κ3) is 3.24. The summed E-state index contributed by atoms with van der Waals surface area (Å²) in [5.74, 6) is -0.0566. The minimum absolute atomic E-state index is 0.0566. The van der Waals surface area contributed by atoms with Crippen LogP contribution in [0, 0.1) is 13.8 Å². The summed E-state index contributed by atoms with van der Waals surface area (Å²) in [6.07, 6.45) is 0. The van der Waals surface area contributed by atoms with Gasteiger partial charge in [0.05, 0.1) is 5.56 Å². The molecule has 0 unspecified atom stereocenters. The van der Waals surface area contributed by atoms with Gasteiger partial charge in [0.1, 0.15) is 0 Å². The van der Waals surface area contributed by atoms with Crippen molar-refractivity contribution in [1.82, 2.24) is 5.32 Å². The Kier molecular flexibility index (Phi) is 4.38. The van der Waals surface area contributed by atoms with E-state index in [1.54, 1.807) is 0 Å². The summed E-state index contributed by atoms with van der Waals surface area (Å²) in [4.78, 5) is 12.2. The van der Waals surface area contributed by atoms with Gasteiger partial charge in [-0.2, -0.15) is 0 Å². The van der Waals surface area contributed by atoms with Gasteiger partial charge in [0.15, 0.2) is 0 Å². The largest absolute Gasteiger partial charge is 0.348 e. The summed E-state index contributed by atoms with van der Waals surface area (Å²) in [7, 11) is 0. The van der Waals surface area contributed by atoms with Crippen LogP contribution in [0.3, 0.4) is 0 Å². The summed E-state index contributed by atoms with van der Waals surface area (Å²) in [6.45, 7) is 4.57. The number of benzene rings is 2. The minimum Gasteiger partial charge on any atom is -0.348 e. The van der Waals surface area contributed by atoms with E-state index in [4.69, 9.17) is 0 Å². The summed E-state index contributed by atoms with van der Waals surface area (Å²) in [5.41, 5.74) is 4.06. The van der Waals surface area contributed by atoms with Crippen molar-refractivity contribution in [2.45, 2.75) is 20.4 Å². The summed E-state index contributed by atoms with van der Waals surface area (Å²) in [5, 5.41) is 2.96. The lowest BCUT2D eigenvalue weighted by molar-refractivity contribution is 0.0950. The summed E-state index contributed by atoms with van der Waals surface area (Å²) in [6, 6.07) is 13.7. The smallest absolute Gasteiger partial charge is 0.252 e. The average Bonchev–Trinajstić information content (AvgIpc) is 2.40. The zero-order valence-corrected chi connectivity index (χ0v) is 12.6. The van der Waals surface area contributed by atoms with Crippen molar-refractivity contribution in [3.05, 3.63) is 69.2 Å². The van der Waals surface area contributed by atoms with E-state index in [1.165, 1.54) is 5.56 Å². The van der Waals surface area contributed by atoms with Crippen LogP contribution < -0.4 is 5.32 Å². The molecule has 0 radical (unpaired) electrons. The molecule has 0 aliphatic rings. The fraction of sp³-hybridized carbons (Fsp3) is 0.188. The number of hydrogen-bond acceptors (Lipinski definition) is 1. The molecule has 0 aromatic heterocycles. The van der Waals surface area contributed by atoms with Gasteiger partial charge >= 0.3 is 0 Å². The Morgan fingerprint density at radius 1 is 1.05 bits per heavy atom. The van der Waals surface area contributed by atoms with Crippen LogP contribution in [0.25, 0.3) is 0 Å². The van der Waals surface area contributed by atoms with Gasteiger partial charge in [0, 0.05) is 11.0 Å². The highest BCUT2D eigenvalue weighted by molar-refractivity contribution is 9.10. The number of hydrogen-bond donors (Lipinski definition) is 1. The Morgan fingerprint density at radius 3 is 2.47 bits per heavy atom. The van der Waals surface area contributed by atoms with Gasteiger partial charge in [0.2, 0.25) is 0 Å². The second-order valence-electron chi connectivity index (χ2n) is 4.55. The van der Waals surface area contributed by atoms with E-state index in [0.717, 1.165) is 15.6 Å². The molecule has 0 atom stereocenters. The van der Waals surface area contributed by atoms with Crippen LogP contribution in [0.2, 0.25) is 0 Å². The van der Waals surface area contributed by atoms with Gasteiger partial charge in [-0.3, -0.25) is 4.79 Å². The van der Waals surface area contributed by atoms with E-state index >= 15 is 0 Å². The third-order valence-corrected chi connectivity index (χ3v) is 4.19. The van der Waals surface area contributed by atoms with Crippen LogP contribution in [-0.4, -0.2) is 5.91 Å². The van der Waals surface area contributed by atoms with Crippen LogP contribution in [0.5, 0.6) is 0 Å². The van der Waals surface area contributed by atoms with Gasteiger partial charge in [0.25, 0.3) is 5.91 Å². The van der Waals surface area contributed by atoms with Gasteiger partial charge in [-0.15, -0.1) is 0 Å². The maximum atomic E-state index is 12.2. The predicted octanol–water partition coefficient (Wildman–Crippen LogP) is 4.00. The number of aryl methyl sites for hydroxylation is 2. The normalized spacial score (nSPS) is 10.3. The van der Waals surface area contributed by atoms with E-state index in [-0.39, 0.29) is 5.91 Å². The van der Waals surface area contributed by atoms with Crippen LogP contribution in [0.1, 0.15) is 27.0 Å². The van der Waals surface area contributed by atoms with Crippen LogP contribution in [0.15, 0.2) is 46.9 Å². The Morgan fingerprint density at radius 2 is 1.74 bits per heavy atom. The van der Waals surface area contributed by atoms with Crippen molar-refractivity contribution in [3.8, 4) is 0 Å². The number of carbonyl (C=O) groups is 1. The Balaban J connectivity index is 2.10. The number of carbonyl (C=O) groups excluding carboxylic acids is 1. The molecule has 2 aromatic rings. The van der Waals surface area contributed by atoms with E-state index < -0.39 is 0 Å². The first kappa shape index (κ1) is 13.8. The molecule has 0 aliphatic heterocycles. The highest BCUT2D eigenvalue weighted by Crippen LogP contribution is 2.21. The van der Waals surface area contributed by atoms with Crippen LogP contribution in [0.4, 0.5) is 0 Å². The maximum absolute atomic E-state index is 12.2. The van der Waals surface area contributed by atoms with E-state index in [0.29, 0.717) is 12.1 Å². The molecule has 0 fully saturated rings. The monoisotopic (exact) mass is 317 g/mol. The molecule has 3 heteroatoms. The first-order valence-electron chi connectivity index (χ1n) is 6.17. The molecule has 2 nitrogen and oxygen atoms in total. The average molecular weight is 318 g/mol. The molecule has 1 N–H and O–H groups in total. The number of amides is 1. The van der Waals surface area contributed by atoms with Crippen molar-refractivity contribution in [1.29, 1.82) is 0 Å². The summed E-state index contributed by atoms with van der Waals surface area (Å²) < 4.78 is 0.859. The highest BCUT2D eigenvalue weighted by atomic mass is 79.9. The van der Waals surface area contributed by atoms with Crippen molar-refractivity contribution in [2.24, 2.45) is 0 Å². The van der Waals surface area contributed by atoms with Gasteiger partial charge in [-0.25, -0.2) is 0 Å². The first-order chi connectivity index (χ1) is 9.09. The number of nitrogens with one attached hydrogen (secondary N) is 1. The molecule has 0 aliphatic carbocycles. The molecule has 2 aromatic carbocycles. The molecule has 98 valence electrons. The third-order valence-electron chi connectivity index (χ3n) is 3.14. The fourth-order valence-corrected chi connectivity index (χ4v) is 2.35. The molecule has 0 bridgehead atoms. The zero-order chi connectivity index (χ0) is 13.8. The molecule has 0 heterocycles. The van der Waals surface area contributed by atoms with Crippen molar-refractivity contribution >= 4 is 21.8 Å². The van der Waals surface area contributed by atoms with Gasteiger partial charge in [-0.05, 0) is 52.5 Å². The van der Waals surface area contributed by atoms with E-state index in [2.05, 4.69) is 21.2 Å². The lowest BCUT2D eigenvalue weighted by Gasteiger charge is -2.10. The van der Waals surface area contributed by atoms with Crippen LogP contribution in [-0.2, 0) is 6.54 Å². The Hall–Kier alpha value is -1.61. The number of rotatable bonds is 3. The van der Waals surface area contributed by atoms with Crippen molar-refractivity contribution in [3.63, 3.8) is 0 Å². The van der Waals surface area contributed by atoms with Crippen molar-refractivity contribution in [2.75, 3.05) is 0 Å². The molecular weight excluding hydrogens is 302 g/mol. The predicted molar refractivity (Wildman–Crippen MR) is 81.2 cm³/mol. The molecule has 19 heavy (non-hydrogen) atoms. The lowest BCUT2D eigenvalue weighted by atomic mass is 10.1. The SMILES string of the molecule is Cc1ccccc1CNC(=O)c1cccc(C)c1Br. The molecule has 0 saturated carbocycles. The minimum atomic E-state index is -0.0566. The van der Waals surface area contributed by atoms with Crippen molar-refractivity contribution < 1.29 is 4.79 Å². The maximum Gasteiger partial charge on any atom is 0.252 e. The highest BCUT2D eigenvalue weighted by Gasteiger charge is 2.11. The fourth-order valence-electron chi connectivity index (χ4n) is 1.90. The first-order valence-corrected chi connectivity index (χ1v) is 6.96. The van der Waals surface area contributed by atoms with Crippen LogP contribution >= 0.6 is 15.9 Å². The van der Waals surface area contributed by atoms with Gasteiger partial charge in [-0.1, -0.05) is 36.4 Å². The molecular formula is C16H16BrNO. The standard InChI is InChI=1S/C16H16BrNO/c1-11-6-3-4-8-13(11)10-18-16(19)14-9-5-7-12(2)15(14)17/h3-9H,10H2,1-2H3,(H,18,19). The second-order valence-corrected chi connectivity index (χ2v) is 5.34. The van der Waals surface area contributed by atoms with E-state index in [9.17, 15) is 4.79 Å². The zero-order valence-electron chi connectivity index (χ0n) is 11.0. The lowest BCUT2D eigenvalue weighted by Crippen LogP contribution is -2.23. The molecule has 2 rings (SSSR count). The Bertz CT molecular complexity index is 607. The Labute approximate surface area is 122 Å². The molecule has 1 amide bonds. The van der Waals surface area contributed by atoms with Gasteiger partial charge < -0.3 is 5.32 Å².